The fourth-order valence-corrected chi connectivity index (χ4v) is 6.01. The van der Waals surface area contributed by atoms with Crippen molar-refractivity contribution >= 4 is 44.9 Å². The zero-order chi connectivity index (χ0) is 21.2. The van der Waals surface area contributed by atoms with E-state index in [0.717, 1.165) is 40.7 Å². The number of nitrogens with one attached hydrogen (secondary N) is 1. The molecule has 2 heterocycles. The van der Waals surface area contributed by atoms with E-state index in [4.69, 9.17) is 0 Å². The van der Waals surface area contributed by atoms with Crippen molar-refractivity contribution in [2.75, 3.05) is 10.7 Å². The van der Waals surface area contributed by atoms with Gasteiger partial charge >= 0.3 is 0 Å². The minimum Gasteiger partial charge on any atom is -0.307 e. The maximum atomic E-state index is 13.2. The topological polar surface area (TPSA) is 66.1 Å². The Labute approximate surface area is 188 Å². The summed E-state index contributed by atoms with van der Waals surface area (Å²) in [4.78, 5) is 37.2. The lowest BCUT2D eigenvalue weighted by Crippen LogP contribution is -2.32. The lowest BCUT2D eigenvalue weighted by molar-refractivity contribution is -0.116. The van der Waals surface area contributed by atoms with Gasteiger partial charge < -0.3 is 9.88 Å². The van der Waals surface area contributed by atoms with Crippen molar-refractivity contribution < 1.29 is 4.79 Å². The molecule has 0 bridgehead atoms. The van der Waals surface area contributed by atoms with E-state index < -0.39 is 0 Å². The number of thiophene rings is 1. The summed E-state index contributed by atoms with van der Waals surface area (Å²) in [7, 11) is 0. The molecule has 1 amide bonds. The van der Waals surface area contributed by atoms with Gasteiger partial charge in [0.05, 0.1) is 17.7 Å². The van der Waals surface area contributed by atoms with Gasteiger partial charge in [0.1, 0.15) is 4.83 Å². The Kier molecular flexibility index (Phi) is 5.61. The Hall–Kier alpha value is -2.90. The van der Waals surface area contributed by atoms with Gasteiger partial charge in [-0.3, -0.25) is 9.59 Å². The number of anilines is 1. The number of carbonyl (C=O) groups is 1. The van der Waals surface area contributed by atoms with Gasteiger partial charge in [-0.2, -0.15) is 0 Å². The van der Waals surface area contributed by atoms with Crippen LogP contribution >= 0.6 is 23.1 Å². The van der Waals surface area contributed by atoms with Crippen molar-refractivity contribution in [3.63, 3.8) is 0 Å². The van der Waals surface area contributed by atoms with E-state index in [2.05, 4.69) is 9.97 Å². The Morgan fingerprint density at radius 2 is 1.81 bits per heavy atom. The standard InChI is InChI=1S/C24H21N3O2S2/c28-20(27(17-10-5-2-6-11-17)14-16-8-3-1-4-9-16)15-30-24-25-22(29)21-18-12-7-13-19(18)31-23(21)26-24/h1-6,8-11H,7,12-15H2,(H,25,26,29). The van der Waals surface area contributed by atoms with Crippen LogP contribution in [0.25, 0.3) is 10.2 Å². The summed E-state index contributed by atoms with van der Waals surface area (Å²) in [6.45, 7) is 0.491. The van der Waals surface area contributed by atoms with Crippen LogP contribution in [0.5, 0.6) is 0 Å². The number of aromatic nitrogens is 2. The SMILES string of the molecule is O=C(CSc1nc2sc3c(c2c(=O)[nH]1)CCC3)N(Cc1ccccc1)c1ccccc1. The zero-order valence-electron chi connectivity index (χ0n) is 16.8. The normalized spacial score (nSPS) is 12.8. The van der Waals surface area contributed by atoms with Gasteiger partial charge in [-0.25, -0.2) is 4.98 Å². The third kappa shape index (κ3) is 4.16. The smallest absolute Gasteiger partial charge is 0.260 e. The maximum absolute atomic E-state index is 13.2. The molecule has 0 aliphatic heterocycles. The van der Waals surface area contributed by atoms with Crippen molar-refractivity contribution in [3.8, 4) is 0 Å². The monoisotopic (exact) mass is 447 g/mol. The van der Waals surface area contributed by atoms with Crippen LogP contribution in [0.4, 0.5) is 5.69 Å². The highest BCUT2D eigenvalue weighted by Gasteiger charge is 2.22. The van der Waals surface area contributed by atoms with Crippen LogP contribution in [-0.4, -0.2) is 21.6 Å². The first-order valence-electron chi connectivity index (χ1n) is 10.3. The number of para-hydroxylation sites is 1. The molecular formula is C24H21N3O2S2. The van der Waals surface area contributed by atoms with Gasteiger partial charge in [0, 0.05) is 10.6 Å². The van der Waals surface area contributed by atoms with Gasteiger partial charge in [0.2, 0.25) is 5.91 Å². The molecule has 156 valence electrons. The minimum absolute atomic E-state index is 0.0310. The molecule has 0 spiro atoms. The van der Waals surface area contributed by atoms with Gasteiger partial charge in [0.25, 0.3) is 5.56 Å². The zero-order valence-corrected chi connectivity index (χ0v) is 18.5. The molecule has 1 N–H and O–H groups in total. The largest absolute Gasteiger partial charge is 0.307 e. The fourth-order valence-electron chi connectivity index (χ4n) is 3.96. The first kappa shape index (κ1) is 20.0. The molecule has 0 saturated heterocycles. The Morgan fingerprint density at radius 1 is 1.06 bits per heavy atom. The number of aryl methyl sites for hydroxylation is 2. The van der Waals surface area contributed by atoms with E-state index in [1.807, 2.05) is 60.7 Å². The summed E-state index contributed by atoms with van der Waals surface area (Å²) in [6, 6.07) is 19.6. The van der Waals surface area contributed by atoms with Crippen molar-refractivity contribution in [1.29, 1.82) is 0 Å². The second kappa shape index (κ2) is 8.69. The predicted octanol–water partition coefficient (Wildman–Crippen LogP) is 4.80. The lowest BCUT2D eigenvalue weighted by atomic mass is 10.2. The number of hydrogen-bond acceptors (Lipinski definition) is 5. The van der Waals surface area contributed by atoms with Crippen LogP contribution in [0.1, 0.15) is 22.4 Å². The highest BCUT2D eigenvalue weighted by atomic mass is 32.2. The first-order valence-corrected chi connectivity index (χ1v) is 12.1. The predicted molar refractivity (Wildman–Crippen MR) is 127 cm³/mol. The number of nitrogens with zero attached hydrogens (tertiary/aromatic N) is 2. The third-order valence-electron chi connectivity index (χ3n) is 5.44. The van der Waals surface area contributed by atoms with E-state index in [9.17, 15) is 9.59 Å². The molecule has 4 aromatic rings. The Bertz CT molecular complexity index is 1280. The number of amides is 1. The van der Waals surface area contributed by atoms with Crippen LogP contribution in [-0.2, 0) is 24.2 Å². The number of hydrogen-bond donors (Lipinski definition) is 1. The summed E-state index contributed by atoms with van der Waals surface area (Å²) < 4.78 is 0. The highest BCUT2D eigenvalue weighted by molar-refractivity contribution is 7.99. The average Bonchev–Trinajstić information content (AvgIpc) is 3.38. The third-order valence-corrected chi connectivity index (χ3v) is 7.48. The summed E-state index contributed by atoms with van der Waals surface area (Å²) in [5.41, 5.74) is 2.98. The van der Waals surface area contributed by atoms with E-state index in [0.29, 0.717) is 11.7 Å². The molecule has 0 saturated carbocycles. The van der Waals surface area contributed by atoms with Crippen molar-refractivity contribution in [1.82, 2.24) is 9.97 Å². The van der Waals surface area contributed by atoms with Crippen molar-refractivity contribution in [3.05, 3.63) is 87.0 Å². The summed E-state index contributed by atoms with van der Waals surface area (Å²) in [5.74, 6) is 0.165. The molecule has 2 aromatic heterocycles. The van der Waals surface area contributed by atoms with E-state index in [1.165, 1.54) is 22.2 Å². The number of carbonyl (C=O) groups excluding carboxylic acids is 1. The molecule has 0 fully saturated rings. The van der Waals surface area contributed by atoms with E-state index >= 15 is 0 Å². The summed E-state index contributed by atoms with van der Waals surface area (Å²) in [5, 5.41) is 1.24. The number of aromatic amines is 1. The molecule has 7 heteroatoms. The molecule has 0 atom stereocenters. The van der Waals surface area contributed by atoms with Crippen LogP contribution < -0.4 is 10.5 Å². The van der Waals surface area contributed by atoms with Crippen LogP contribution in [0.2, 0.25) is 0 Å². The molecule has 31 heavy (non-hydrogen) atoms. The number of rotatable bonds is 6. The maximum Gasteiger partial charge on any atom is 0.260 e. The number of benzene rings is 2. The van der Waals surface area contributed by atoms with Crippen molar-refractivity contribution in [2.45, 2.75) is 31.0 Å². The van der Waals surface area contributed by atoms with Crippen molar-refractivity contribution in [2.24, 2.45) is 0 Å². The molecule has 0 unspecified atom stereocenters. The molecule has 1 aliphatic rings. The van der Waals surface area contributed by atoms with Gasteiger partial charge in [-0.15, -0.1) is 11.3 Å². The number of fused-ring (bicyclic) bond motifs is 3. The molecule has 0 radical (unpaired) electrons. The Balaban J connectivity index is 1.36. The minimum atomic E-state index is -0.0939. The van der Waals surface area contributed by atoms with Gasteiger partial charge in [-0.1, -0.05) is 60.3 Å². The molecular weight excluding hydrogens is 426 g/mol. The highest BCUT2D eigenvalue weighted by Crippen LogP contribution is 2.35. The van der Waals surface area contributed by atoms with E-state index in [-0.39, 0.29) is 17.2 Å². The second-order valence-electron chi connectivity index (χ2n) is 7.50. The van der Waals surface area contributed by atoms with Crippen LogP contribution in [0.15, 0.2) is 70.6 Å². The average molecular weight is 448 g/mol. The number of H-pyrrole nitrogens is 1. The van der Waals surface area contributed by atoms with Gasteiger partial charge in [0.15, 0.2) is 5.16 Å². The molecule has 2 aromatic carbocycles. The lowest BCUT2D eigenvalue weighted by Gasteiger charge is -2.23. The van der Waals surface area contributed by atoms with Crippen LogP contribution in [0.3, 0.4) is 0 Å². The summed E-state index contributed by atoms with van der Waals surface area (Å²) >= 11 is 2.89. The van der Waals surface area contributed by atoms with Gasteiger partial charge in [-0.05, 0) is 42.5 Å². The molecule has 5 rings (SSSR count). The summed E-state index contributed by atoms with van der Waals surface area (Å²) in [6.07, 6.45) is 3.09. The first-order chi connectivity index (χ1) is 15.2. The quantitative estimate of drug-likeness (QED) is 0.341. The fraction of sp³-hybridized carbons (Fsp3) is 0.208. The van der Waals surface area contributed by atoms with E-state index in [1.54, 1.807) is 16.2 Å². The Morgan fingerprint density at radius 3 is 2.58 bits per heavy atom. The molecule has 5 nitrogen and oxygen atoms in total. The molecule has 1 aliphatic carbocycles. The second-order valence-corrected chi connectivity index (χ2v) is 9.55. The van der Waals surface area contributed by atoms with Crippen LogP contribution in [0, 0.1) is 0 Å². The number of thioether (sulfide) groups is 1.